The number of sulfonamides is 1. The molecule has 1 rings (SSSR count). The molecule has 0 atom stereocenters. The second-order valence-electron chi connectivity index (χ2n) is 4.40. The van der Waals surface area contributed by atoms with Crippen molar-refractivity contribution in [2.24, 2.45) is 0 Å². The Hall–Kier alpha value is -1.38. The molecule has 0 heterocycles. The smallest absolute Gasteiger partial charge is 0.211 e. The number of nitrogens with one attached hydrogen (secondary N) is 1. The molecule has 0 saturated carbocycles. The van der Waals surface area contributed by atoms with Crippen molar-refractivity contribution in [3.8, 4) is 6.07 Å². The molecule has 0 aliphatic rings. The fourth-order valence-electron chi connectivity index (χ4n) is 1.82. The van der Waals surface area contributed by atoms with E-state index in [9.17, 15) is 13.7 Å². The summed E-state index contributed by atoms with van der Waals surface area (Å²) in [6.07, 6.45) is 3.41. The van der Waals surface area contributed by atoms with Crippen LogP contribution in [-0.4, -0.2) is 15.0 Å². The topological polar surface area (TPSA) is 70.0 Å². The Bertz CT molecular complexity index is 559. The lowest BCUT2D eigenvalue weighted by Gasteiger charge is -2.10. The summed E-state index contributed by atoms with van der Waals surface area (Å²) in [5.74, 6) is 0. The van der Waals surface area contributed by atoms with Gasteiger partial charge in [0.1, 0.15) is 11.0 Å². The highest BCUT2D eigenvalue weighted by Gasteiger charge is 2.19. The van der Waals surface area contributed by atoms with E-state index in [1.54, 1.807) is 6.07 Å². The Morgan fingerprint density at radius 2 is 2.00 bits per heavy atom. The number of hydrogen-bond acceptors (Lipinski definition) is 3. The van der Waals surface area contributed by atoms with Crippen molar-refractivity contribution < 1.29 is 8.42 Å². The van der Waals surface area contributed by atoms with Gasteiger partial charge >= 0.3 is 0 Å². The number of aryl methyl sites for hydroxylation is 1. The molecule has 4 nitrogen and oxygen atoms in total. The molecule has 1 aromatic rings. The molecule has 0 saturated heterocycles. The third kappa shape index (κ3) is 4.05. The molecule has 0 spiro atoms. The summed E-state index contributed by atoms with van der Waals surface area (Å²) < 4.78 is 26.8. The predicted octanol–water partition coefficient (Wildman–Crippen LogP) is 2.59. The highest BCUT2D eigenvalue weighted by atomic mass is 32.2. The number of unbranched alkanes of at least 4 members (excludes halogenated alkanes) is 1. The van der Waals surface area contributed by atoms with Crippen molar-refractivity contribution in [2.45, 2.75) is 44.4 Å². The van der Waals surface area contributed by atoms with Crippen molar-refractivity contribution in [1.82, 2.24) is 4.72 Å². The van der Waals surface area contributed by atoms with E-state index < -0.39 is 10.0 Å². The molecule has 5 heteroatoms. The second-order valence-corrected chi connectivity index (χ2v) is 6.14. The van der Waals surface area contributed by atoms with Gasteiger partial charge in [-0.25, -0.2) is 13.1 Å². The number of nitriles is 1. The lowest BCUT2D eigenvalue weighted by Crippen LogP contribution is -2.25. The largest absolute Gasteiger partial charge is 0.241 e. The van der Waals surface area contributed by atoms with Gasteiger partial charge in [-0.15, -0.1) is 0 Å². The van der Waals surface area contributed by atoms with Crippen molar-refractivity contribution in [2.75, 3.05) is 6.54 Å². The van der Waals surface area contributed by atoms with Crippen LogP contribution in [0.3, 0.4) is 0 Å². The Morgan fingerprint density at radius 1 is 1.26 bits per heavy atom. The minimum atomic E-state index is -3.59. The van der Waals surface area contributed by atoms with Crippen molar-refractivity contribution in [3.63, 3.8) is 0 Å². The van der Waals surface area contributed by atoms with E-state index >= 15 is 0 Å². The fourth-order valence-corrected chi connectivity index (χ4v) is 3.15. The number of nitrogens with zero attached hydrogens (tertiary/aromatic N) is 1. The first-order chi connectivity index (χ1) is 9.06. The quantitative estimate of drug-likeness (QED) is 0.834. The second kappa shape index (κ2) is 7.27. The first-order valence-corrected chi connectivity index (χ1v) is 8.06. The number of rotatable bonds is 7. The van der Waals surface area contributed by atoms with Crippen LogP contribution in [0, 0.1) is 11.3 Å². The van der Waals surface area contributed by atoms with Crippen molar-refractivity contribution in [3.05, 3.63) is 29.3 Å². The van der Waals surface area contributed by atoms with E-state index in [1.807, 2.05) is 19.1 Å². The van der Waals surface area contributed by atoms with E-state index in [-0.39, 0.29) is 10.5 Å². The Morgan fingerprint density at radius 3 is 2.58 bits per heavy atom. The zero-order valence-electron chi connectivity index (χ0n) is 11.4. The molecular weight excluding hydrogens is 260 g/mol. The highest BCUT2D eigenvalue weighted by Crippen LogP contribution is 2.20. The summed E-state index contributed by atoms with van der Waals surface area (Å²) in [4.78, 5) is 0.0945. The summed E-state index contributed by atoms with van der Waals surface area (Å²) in [6, 6.07) is 7.06. The van der Waals surface area contributed by atoms with Gasteiger partial charge in [-0.2, -0.15) is 5.26 Å². The van der Waals surface area contributed by atoms with Crippen LogP contribution in [0.4, 0.5) is 0 Å². The van der Waals surface area contributed by atoms with Crippen LogP contribution in [0.5, 0.6) is 0 Å². The third-order valence-electron chi connectivity index (χ3n) is 2.86. The maximum Gasteiger partial charge on any atom is 0.241 e. The van der Waals surface area contributed by atoms with Crippen LogP contribution in [0.25, 0.3) is 0 Å². The van der Waals surface area contributed by atoms with Crippen LogP contribution in [0.1, 0.15) is 44.2 Å². The van der Waals surface area contributed by atoms with E-state index in [0.29, 0.717) is 6.54 Å². The molecule has 0 aliphatic carbocycles. The molecule has 104 valence electrons. The van der Waals surface area contributed by atoms with Crippen LogP contribution >= 0.6 is 0 Å². The molecular formula is C14H20N2O2S. The summed E-state index contributed by atoms with van der Waals surface area (Å²) >= 11 is 0. The maximum absolute atomic E-state index is 12.1. The SMILES string of the molecule is CCCCc1cccc(S(=O)(=O)NCCC)c1C#N. The average Bonchev–Trinajstić information content (AvgIpc) is 2.42. The Kier molecular flexibility index (Phi) is 6.00. The molecule has 0 bridgehead atoms. The molecule has 1 aromatic carbocycles. The van der Waals surface area contributed by atoms with E-state index in [2.05, 4.69) is 11.6 Å². The van der Waals surface area contributed by atoms with Crippen LogP contribution in [0.15, 0.2) is 23.1 Å². The molecule has 0 unspecified atom stereocenters. The van der Waals surface area contributed by atoms with E-state index in [4.69, 9.17) is 0 Å². The minimum Gasteiger partial charge on any atom is -0.211 e. The summed E-state index contributed by atoms with van der Waals surface area (Å²) in [7, 11) is -3.59. The zero-order chi connectivity index (χ0) is 14.3. The molecule has 0 fully saturated rings. The van der Waals surface area contributed by atoms with E-state index in [1.165, 1.54) is 6.07 Å². The lowest BCUT2D eigenvalue weighted by molar-refractivity contribution is 0.580. The van der Waals surface area contributed by atoms with Gasteiger partial charge in [-0.05, 0) is 30.9 Å². The van der Waals surface area contributed by atoms with Gasteiger partial charge in [-0.3, -0.25) is 0 Å². The third-order valence-corrected chi connectivity index (χ3v) is 4.36. The van der Waals surface area contributed by atoms with Gasteiger partial charge in [0.2, 0.25) is 10.0 Å². The summed E-state index contributed by atoms with van der Waals surface area (Å²) in [5.41, 5.74) is 1.09. The molecule has 19 heavy (non-hydrogen) atoms. The first kappa shape index (κ1) is 15.7. The average molecular weight is 280 g/mol. The van der Waals surface area contributed by atoms with Crippen molar-refractivity contribution >= 4 is 10.0 Å². The van der Waals surface area contributed by atoms with Gasteiger partial charge < -0.3 is 0 Å². The fraction of sp³-hybridized carbons (Fsp3) is 0.500. The molecule has 1 N–H and O–H groups in total. The Labute approximate surface area is 115 Å². The van der Waals surface area contributed by atoms with Crippen LogP contribution in [0.2, 0.25) is 0 Å². The summed E-state index contributed by atoms with van der Waals surface area (Å²) in [6.45, 7) is 4.34. The standard InChI is InChI=1S/C14H20N2O2S/c1-3-5-7-12-8-6-9-14(13(12)11-15)19(17,18)16-10-4-2/h6,8-9,16H,3-5,7,10H2,1-2H3. The first-order valence-electron chi connectivity index (χ1n) is 6.58. The minimum absolute atomic E-state index is 0.0945. The molecule has 0 amide bonds. The van der Waals surface area contributed by atoms with Gasteiger partial charge in [0.15, 0.2) is 0 Å². The summed E-state index contributed by atoms with van der Waals surface area (Å²) in [5, 5.41) is 9.25. The monoisotopic (exact) mass is 280 g/mol. The van der Waals surface area contributed by atoms with Crippen LogP contribution in [-0.2, 0) is 16.4 Å². The van der Waals surface area contributed by atoms with Gasteiger partial charge in [0.05, 0.1) is 5.56 Å². The van der Waals surface area contributed by atoms with Gasteiger partial charge in [0.25, 0.3) is 0 Å². The molecule has 0 aliphatic heterocycles. The van der Waals surface area contributed by atoms with Gasteiger partial charge in [-0.1, -0.05) is 32.4 Å². The van der Waals surface area contributed by atoms with Gasteiger partial charge in [0, 0.05) is 6.54 Å². The van der Waals surface area contributed by atoms with Crippen LogP contribution < -0.4 is 4.72 Å². The van der Waals surface area contributed by atoms with E-state index in [0.717, 1.165) is 31.2 Å². The highest BCUT2D eigenvalue weighted by molar-refractivity contribution is 7.89. The maximum atomic E-state index is 12.1. The molecule has 0 radical (unpaired) electrons. The molecule has 0 aromatic heterocycles. The predicted molar refractivity (Wildman–Crippen MR) is 75.2 cm³/mol. The number of benzene rings is 1. The lowest BCUT2D eigenvalue weighted by atomic mass is 10.0. The van der Waals surface area contributed by atoms with Crippen molar-refractivity contribution in [1.29, 1.82) is 5.26 Å². The normalized spacial score (nSPS) is 11.2. The Balaban J connectivity index is 3.18. The zero-order valence-corrected chi connectivity index (χ0v) is 12.3. The number of hydrogen-bond donors (Lipinski definition) is 1.